The lowest BCUT2D eigenvalue weighted by Gasteiger charge is -2.29. The minimum Gasteiger partial charge on any atom is -0.442 e. The van der Waals surface area contributed by atoms with Gasteiger partial charge < -0.3 is 28.0 Å². The molecule has 0 bridgehead atoms. The van der Waals surface area contributed by atoms with E-state index in [0.29, 0.717) is 17.5 Å². The van der Waals surface area contributed by atoms with Gasteiger partial charge in [0.25, 0.3) is 11.1 Å². The Kier molecular flexibility index (Phi) is 11.0. The number of nitrogens with zero attached hydrogens (tertiary/aromatic N) is 5. The standard InChI is InChI=1S/C31H44N7O11P/c1-9-19-21(11-25(47-19)38-13-18(3)27(40)33-30(38)43)49-50(8,23-14-36(35-34-23)16-45-28(41)31(4,5)6)46-15-22-20(44-7)10-24(48-22)37-12-17(2)26(39)32-29(37)42/h12-14,19-22,24-25H,8-11,15-16H2,1-7H3,(H,32,39,42)(H,33,40,43)/t19-,20?,21?,22-,24-,25-,50?/m1/s1. The lowest BCUT2D eigenvalue weighted by molar-refractivity contribution is -0.157. The maximum Gasteiger partial charge on any atom is 0.330 e. The Hall–Kier alpha value is -3.93. The highest BCUT2D eigenvalue weighted by atomic mass is 31.2. The Labute approximate surface area is 286 Å². The van der Waals surface area contributed by atoms with E-state index in [1.54, 1.807) is 34.6 Å². The van der Waals surface area contributed by atoms with Gasteiger partial charge in [0.2, 0.25) is 0 Å². The van der Waals surface area contributed by atoms with E-state index in [9.17, 15) is 24.0 Å². The normalized spacial score (nSPS) is 25.1. The SMILES string of the molecule is C=P(OC[C@H]1O[C@@H](n2cc(C)c(=O)[nH]c2=O)CC1OC)(OC1C[C@H](n2cc(C)c(=O)[nH]c2=O)O[C@@H]1CC)c1cn(COC(=O)C(C)(C)C)nn1. The molecule has 0 amide bonds. The van der Waals surface area contributed by atoms with Crippen molar-refractivity contribution in [1.82, 2.24) is 34.1 Å². The van der Waals surface area contributed by atoms with E-state index in [2.05, 4.69) is 26.6 Å². The number of methoxy groups -OCH3 is 1. The number of aromatic amines is 2. The summed E-state index contributed by atoms with van der Waals surface area (Å²) in [4.78, 5) is 66.2. The largest absolute Gasteiger partial charge is 0.442 e. The van der Waals surface area contributed by atoms with Crippen LogP contribution in [-0.4, -0.2) is 84.5 Å². The van der Waals surface area contributed by atoms with Crippen LogP contribution < -0.4 is 27.9 Å². The van der Waals surface area contributed by atoms with Gasteiger partial charge in [-0.3, -0.25) is 33.5 Å². The summed E-state index contributed by atoms with van der Waals surface area (Å²) in [5.74, 6) is -0.430. The summed E-state index contributed by atoms with van der Waals surface area (Å²) in [5.41, 5.74) is -1.99. The van der Waals surface area contributed by atoms with Crippen LogP contribution in [0.3, 0.4) is 0 Å². The molecule has 0 aliphatic carbocycles. The van der Waals surface area contributed by atoms with Gasteiger partial charge in [-0.25, -0.2) is 14.3 Å². The molecule has 2 aliphatic heterocycles. The first kappa shape index (κ1) is 37.3. The van der Waals surface area contributed by atoms with E-state index >= 15 is 0 Å². The molecule has 0 spiro atoms. The highest BCUT2D eigenvalue weighted by Crippen LogP contribution is 2.51. The maximum atomic E-state index is 12.7. The molecule has 3 unspecified atom stereocenters. The van der Waals surface area contributed by atoms with Crippen molar-refractivity contribution < 1.29 is 32.8 Å². The minimum atomic E-state index is -3.39. The maximum absolute atomic E-state index is 12.7. The quantitative estimate of drug-likeness (QED) is 0.196. The first-order valence-corrected chi connectivity index (χ1v) is 18.0. The summed E-state index contributed by atoms with van der Waals surface area (Å²) in [6.07, 6.45) is 6.00. The predicted octanol–water partition coefficient (Wildman–Crippen LogP) is 0.849. The molecule has 5 rings (SSSR count). The minimum absolute atomic E-state index is 0.0956. The Morgan fingerprint density at radius 1 is 0.960 bits per heavy atom. The number of rotatable bonds is 12. The van der Waals surface area contributed by atoms with Crippen LogP contribution in [0, 0.1) is 19.3 Å². The van der Waals surface area contributed by atoms with Crippen molar-refractivity contribution in [2.45, 2.75) is 104 Å². The number of ether oxygens (including phenoxy) is 4. The van der Waals surface area contributed by atoms with Crippen LogP contribution in [0.15, 0.2) is 37.8 Å². The summed E-state index contributed by atoms with van der Waals surface area (Å²) in [6.45, 7) is 9.98. The van der Waals surface area contributed by atoms with E-state index < -0.39 is 78.1 Å². The van der Waals surface area contributed by atoms with Crippen LogP contribution >= 0.6 is 7.34 Å². The van der Waals surface area contributed by atoms with Crippen LogP contribution in [-0.2, 0) is 39.5 Å². The fourth-order valence-electron chi connectivity index (χ4n) is 5.63. The lowest BCUT2D eigenvalue weighted by Crippen LogP contribution is -2.33. The third kappa shape index (κ3) is 8.00. The molecule has 3 aromatic rings. The molecule has 19 heteroatoms. The van der Waals surface area contributed by atoms with Gasteiger partial charge in [-0.1, -0.05) is 12.1 Å². The van der Waals surface area contributed by atoms with Crippen molar-refractivity contribution in [3.8, 4) is 0 Å². The topological polar surface area (TPSA) is 213 Å². The molecule has 2 saturated heterocycles. The van der Waals surface area contributed by atoms with Crippen molar-refractivity contribution in [3.63, 3.8) is 0 Å². The average Bonchev–Trinajstić information content (AvgIpc) is 3.80. The number of carbonyl (C=O) groups is 1. The van der Waals surface area contributed by atoms with Gasteiger partial charge in [-0.2, -0.15) is 0 Å². The zero-order valence-electron chi connectivity index (χ0n) is 29.1. The molecule has 274 valence electrons. The summed E-state index contributed by atoms with van der Waals surface area (Å²) in [5, 5.41) is 8.40. The monoisotopic (exact) mass is 721 g/mol. The van der Waals surface area contributed by atoms with Gasteiger partial charge in [0, 0.05) is 43.5 Å². The lowest BCUT2D eigenvalue weighted by atomic mass is 9.98. The fourth-order valence-corrected chi connectivity index (χ4v) is 7.46. The number of aromatic nitrogens is 7. The molecule has 0 saturated carbocycles. The molecule has 2 N–H and O–H groups in total. The number of hydrogen-bond donors (Lipinski definition) is 2. The Bertz CT molecular complexity index is 1990. The number of hydrogen-bond acceptors (Lipinski definition) is 13. The van der Waals surface area contributed by atoms with Gasteiger partial charge in [-0.15, -0.1) is 5.10 Å². The van der Waals surface area contributed by atoms with Crippen molar-refractivity contribution in [3.05, 3.63) is 71.4 Å². The number of aryl methyl sites for hydroxylation is 2. The number of carbonyl (C=O) groups excluding carboxylic acids is 1. The van der Waals surface area contributed by atoms with Crippen molar-refractivity contribution in [1.29, 1.82) is 0 Å². The second-order valence-electron chi connectivity index (χ2n) is 13.4. The summed E-state index contributed by atoms with van der Waals surface area (Å²) < 4.78 is 40.6. The Morgan fingerprint density at radius 2 is 1.52 bits per heavy atom. The van der Waals surface area contributed by atoms with Crippen molar-refractivity contribution >= 4 is 25.0 Å². The van der Waals surface area contributed by atoms with E-state index in [1.165, 1.54) is 39.5 Å². The van der Waals surface area contributed by atoms with E-state index in [-0.39, 0.29) is 31.6 Å². The number of H-pyrrole nitrogens is 2. The second-order valence-corrected chi connectivity index (χ2v) is 15.7. The zero-order valence-corrected chi connectivity index (χ0v) is 30.0. The van der Waals surface area contributed by atoms with Crippen molar-refractivity contribution in [2.75, 3.05) is 13.7 Å². The van der Waals surface area contributed by atoms with Gasteiger partial charge in [0.1, 0.15) is 18.6 Å². The molecule has 0 aromatic carbocycles. The molecule has 50 heavy (non-hydrogen) atoms. The van der Waals surface area contributed by atoms with Crippen LogP contribution in [0.25, 0.3) is 0 Å². The highest BCUT2D eigenvalue weighted by molar-refractivity contribution is 7.71. The molecule has 2 fully saturated rings. The van der Waals surface area contributed by atoms with Crippen LogP contribution in [0.1, 0.15) is 70.5 Å². The molecule has 18 nitrogen and oxygen atoms in total. The van der Waals surface area contributed by atoms with Crippen molar-refractivity contribution in [2.24, 2.45) is 5.41 Å². The summed E-state index contributed by atoms with van der Waals surface area (Å²) in [6, 6.07) is 0. The molecular formula is C31H44N7O11P. The van der Waals surface area contributed by atoms with Crippen LogP contribution in [0.2, 0.25) is 0 Å². The zero-order chi connectivity index (χ0) is 36.5. The number of esters is 1. The van der Waals surface area contributed by atoms with Crippen LogP contribution in [0.4, 0.5) is 0 Å². The second kappa shape index (κ2) is 14.7. The highest BCUT2D eigenvalue weighted by Gasteiger charge is 2.43. The Balaban J connectivity index is 1.41. The first-order chi connectivity index (χ1) is 23.5. The molecular weight excluding hydrogens is 677 g/mol. The molecule has 0 radical (unpaired) electrons. The Morgan fingerprint density at radius 3 is 2.06 bits per heavy atom. The van der Waals surface area contributed by atoms with Crippen LogP contribution in [0.5, 0.6) is 0 Å². The van der Waals surface area contributed by atoms with Gasteiger partial charge >= 0.3 is 17.3 Å². The van der Waals surface area contributed by atoms with Gasteiger partial charge in [0.15, 0.2) is 19.5 Å². The summed E-state index contributed by atoms with van der Waals surface area (Å²) in [7, 11) is -1.88. The molecule has 3 aromatic heterocycles. The predicted molar refractivity (Wildman–Crippen MR) is 180 cm³/mol. The smallest absolute Gasteiger partial charge is 0.330 e. The summed E-state index contributed by atoms with van der Waals surface area (Å²) >= 11 is 0. The third-order valence-electron chi connectivity index (χ3n) is 8.55. The number of nitrogens with one attached hydrogen (secondary N) is 2. The van der Waals surface area contributed by atoms with Gasteiger partial charge in [-0.05, 0) is 47.3 Å². The molecule has 5 heterocycles. The average molecular weight is 722 g/mol. The third-order valence-corrected chi connectivity index (χ3v) is 10.6. The fraction of sp³-hybridized carbons (Fsp3) is 0.613. The van der Waals surface area contributed by atoms with E-state index in [1.807, 2.05) is 6.92 Å². The molecule has 7 atom stereocenters. The first-order valence-electron chi connectivity index (χ1n) is 16.1. The van der Waals surface area contributed by atoms with Gasteiger partial charge in [0.05, 0.1) is 36.5 Å². The van der Waals surface area contributed by atoms with E-state index in [4.69, 9.17) is 28.0 Å². The van der Waals surface area contributed by atoms with E-state index in [0.717, 1.165) is 0 Å². The molecule has 2 aliphatic rings.